The van der Waals surface area contributed by atoms with Crippen LogP contribution in [0.15, 0.2) is 53.4 Å². The van der Waals surface area contributed by atoms with Crippen LogP contribution in [0.25, 0.3) is 6.08 Å². The Balaban J connectivity index is 1.93. The zero-order valence-electron chi connectivity index (χ0n) is 13.3. The van der Waals surface area contributed by atoms with E-state index in [1.807, 2.05) is 37.3 Å². The van der Waals surface area contributed by atoms with E-state index in [1.165, 1.54) is 29.1 Å². The molecule has 1 heterocycles. The molecular formula is C19H15NO2S2. The number of ketones is 1. The lowest BCUT2D eigenvalue weighted by molar-refractivity contribution is -0.113. The molecule has 1 aliphatic heterocycles. The highest BCUT2D eigenvalue weighted by Gasteiger charge is 2.33. The molecule has 0 spiro atoms. The van der Waals surface area contributed by atoms with Gasteiger partial charge in [-0.3, -0.25) is 14.5 Å². The van der Waals surface area contributed by atoms with Crippen LogP contribution in [0.5, 0.6) is 0 Å². The van der Waals surface area contributed by atoms with Gasteiger partial charge < -0.3 is 0 Å². The summed E-state index contributed by atoms with van der Waals surface area (Å²) in [5.74, 6) is -0.205. The predicted molar refractivity (Wildman–Crippen MR) is 103 cm³/mol. The Labute approximate surface area is 150 Å². The van der Waals surface area contributed by atoms with Gasteiger partial charge in [-0.25, -0.2) is 0 Å². The standard InChI is InChI=1S/C19H15NO2S2/c1-12-6-8-14(9-7-12)10-17-18(22)20(19(23)24-17)16-5-3-4-15(11-16)13(2)21/h3-11H,1-2H3/b17-10-. The summed E-state index contributed by atoms with van der Waals surface area (Å²) >= 11 is 6.64. The Kier molecular flexibility index (Phi) is 4.64. The Morgan fingerprint density at radius 1 is 1.17 bits per heavy atom. The van der Waals surface area contributed by atoms with Gasteiger partial charge in [-0.05, 0) is 37.6 Å². The molecule has 3 nitrogen and oxygen atoms in total. The third-order valence-electron chi connectivity index (χ3n) is 3.68. The number of nitrogens with zero attached hydrogens (tertiary/aromatic N) is 1. The number of amides is 1. The predicted octanol–water partition coefficient (Wildman–Crippen LogP) is 4.60. The van der Waals surface area contributed by atoms with Crippen LogP contribution in [-0.4, -0.2) is 16.0 Å². The lowest BCUT2D eigenvalue weighted by Crippen LogP contribution is -2.27. The van der Waals surface area contributed by atoms with E-state index in [4.69, 9.17) is 12.2 Å². The van der Waals surface area contributed by atoms with Crippen molar-refractivity contribution in [2.75, 3.05) is 4.90 Å². The average Bonchev–Trinajstić information content (AvgIpc) is 2.83. The number of anilines is 1. The molecule has 0 unspecified atom stereocenters. The zero-order chi connectivity index (χ0) is 17.3. The van der Waals surface area contributed by atoms with E-state index in [0.29, 0.717) is 20.5 Å². The SMILES string of the molecule is CC(=O)c1cccc(N2C(=O)/C(=C/c3ccc(C)cc3)SC2=S)c1. The first-order chi connectivity index (χ1) is 11.5. The Morgan fingerprint density at radius 3 is 2.54 bits per heavy atom. The van der Waals surface area contributed by atoms with Crippen molar-refractivity contribution in [3.63, 3.8) is 0 Å². The maximum atomic E-state index is 12.7. The van der Waals surface area contributed by atoms with Crippen molar-refractivity contribution in [3.8, 4) is 0 Å². The van der Waals surface area contributed by atoms with Crippen LogP contribution in [0.3, 0.4) is 0 Å². The van der Waals surface area contributed by atoms with Gasteiger partial charge in [-0.15, -0.1) is 0 Å². The molecule has 2 aromatic rings. The number of aryl methyl sites for hydroxylation is 1. The molecule has 0 atom stereocenters. The molecule has 1 saturated heterocycles. The monoisotopic (exact) mass is 353 g/mol. The van der Waals surface area contributed by atoms with E-state index in [9.17, 15) is 9.59 Å². The van der Waals surface area contributed by atoms with E-state index in [2.05, 4.69) is 0 Å². The van der Waals surface area contributed by atoms with Crippen molar-refractivity contribution in [3.05, 3.63) is 70.1 Å². The first kappa shape index (κ1) is 16.6. The third kappa shape index (κ3) is 3.32. The second-order valence-electron chi connectivity index (χ2n) is 5.53. The van der Waals surface area contributed by atoms with Crippen molar-refractivity contribution in [2.24, 2.45) is 0 Å². The minimum Gasteiger partial charge on any atom is -0.295 e. The number of Topliss-reactive ketones (excluding diaryl/α,β-unsaturated/α-hetero) is 1. The quantitative estimate of drug-likeness (QED) is 0.459. The van der Waals surface area contributed by atoms with Gasteiger partial charge in [-0.1, -0.05) is 65.9 Å². The fraction of sp³-hybridized carbons (Fsp3) is 0.105. The van der Waals surface area contributed by atoms with Gasteiger partial charge in [0.25, 0.3) is 5.91 Å². The summed E-state index contributed by atoms with van der Waals surface area (Å²) in [5, 5.41) is 0. The molecule has 120 valence electrons. The molecule has 0 aliphatic carbocycles. The maximum Gasteiger partial charge on any atom is 0.270 e. The summed E-state index contributed by atoms with van der Waals surface area (Å²) in [6.07, 6.45) is 1.84. The minimum atomic E-state index is -0.161. The van der Waals surface area contributed by atoms with Crippen molar-refractivity contribution in [1.29, 1.82) is 0 Å². The molecule has 5 heteroatoms. The number of carbonyl (C=O) groups excluding carboxylic acids is 2. The molecule has 1 aliphatic rings. The fourth-order valence-electron chi connectivity index (χ4n) is 2.37. The molecular weight excluding hydrogens is 338 g/mol. The number of thiocarbonyl (C=S) groups is 1. The van der Waals surface area contributed by atoms with Crippen LogP contribution in [0, 0.1) is 6.92 Å². The zero-order valence-corrected chi connectivity index (χ0v) is 14.9. The fourth-order valence-corrected chi connectivity index (χ4v) is 3.67. The van der Waals surface area contributed by atoms with Gasteiger partial charge in [-0.2, -0.15) is 0 Å². The van der Waals surface area contributed by atoms with E-state index < -0.39 is 0 Å². The van der Waals surface area contributed by atoms with Gasteiger partial charge >= 0.3 is 0 Å². The Hall–Kier alpha value is -2.24. The molecule has 0 bridgehead atoms. The summed E-state index contributed by atoms with van der Waals surface area (Å²) in [5.41, 5.74) is 3.31. The van der Waals surface area contributed by atoms with Gasteiger partial charge in [0, 0.05) is 5.56 Å². The van der Waals surface area contributed by atoms with Crippen LogP contribution < -0.4 is 4.90 Å². The lowest BCUT2D eigenvalue weighted by atomic mass is 10.1. The van der Waals surface area contributed by atoms with Crippen LogP contribution in [-0.2, 0) is 4.79 Å². The highest BCUT2D eigenvalue weighted by molar-refractivity contribution is 8.27. The Morgan fingerprint density at radius 2 is 1.88 bits per heavy atom. The first-order valence-electron chi connectivity index (χ1n) is 7.41. The van der Waals surface area contributed by atoms with Gasteiger partial charge in [0.1, 0.15) is 0 Å². The van der Waals surface area contributed by atoms with Gasteiger partial charge in [0.05, 0.1) is 10.6 Å². The second-order valence-corrected chi connectivity index (χ2v) is 7.21. The maximum absolute atomic E-state index is 12.7. The number of hydrogen-bond donors (Lipinski definition) is 0. The molecule has 0 aromatic heterocycles. The molecule has 2 aromatic carbocycles. The van der Waals surface area contributed by atoms with Crippen LogP contribution in [0.2, 0.25) is 0 Å². The largest absolute Gasteiger partial charge is 0.295 e. The Bertz CT molecular complexity index is 869. The summed E-state index contributed by atoms with van der Waals surface area (Å²) < 4.78 is 0.471. The summed E-state index contributed by atoms with van der Waals surface area (Å²) in [7, 11) is 0. The number of hydrogen-bond acceptors (Lipinski definition) is 4. The lowest BCUT2D eigenvalue weighted by Gasteiger charge is -2.15. The second kappa shape index (κ2) is 6.71. The topological polar surface area (TPSA) is 37.4 Å². The summed E-state index contributed by atoms with van der Waals surface area (Å²) in [6, 6.07) is 14.9. The van der Waals surface area contributed by atoms with E-state index in [1.54, 1.807) is 24.3 Å². The number of benzene rings is 2. The smallest absolute Gasteiger partial charge is 0.270 e. The van der Waals surface area contributed by atoms with Crippen molar-refractivity contribution < 1.29 is 9.59 Å². The van der Waals surface area contributed by atoms with Crippen molar-refractivity contribution >= 4 is 51.8 Å². The van der Waals surface area contributed by atoms with Gasteiger partial charge in [0.2, 0.25) is 0 Å². The van der Waals surface area contributed by atoms with Gasteiger partial charge in [0.15, 0.2) is 10.1 Å². The third-order valence-corrected chi connectivity index (χ3v) is 4.98. The number of rotatable bonds is 3. The van der Waals surface area contributed by atoms with Crippen LogP contribution >= 0.6 is 24.0 Å². The molecule has 24 heavy (non-hydrogen) atoms. The highest BCUT2D eigenvalue weighted by Crippen LogP contribution is 2.36. The first-order valence-corrected chi connectivity index (χ1v) is 8.64. The average molecular weight is 353 g/mol. The normalized spacial score (nSPS) is 16.1. The number of carbonyl (C=O) groups is 2. The van der Waals surface area contributed by atoms with Crippen LogP contribution in [0.1, 0.15) is 28.4 Å². The number of thioether (sulfide) groups is 1. The van der Waals surface area contributed by atoms with Crippen molar-refractivity contribution in [1.82, 2.24) is 0 Å². The van der Waals surface area contributed by atoms with E-state index >= 15 is 0 Å². The summed E-state index contributed by atoms with van der Waals surface area (Å²) in [4.78, 5) is 26.3. The minimum absolute atomic E-state index is 0.0440. The van der Waals surface area contributed by atoms with Crippen molar-refractivity contribution in [2.45, 2.75) is 13.8 Å². The molecule has 3 rings (SSSR count). The van der Waals surface area contributed by atoms with Crippen LogP contribution in [0.4, 0.5) is 5.69 Å². The molecule has 0 N–H and O–H groups in total. The molecule has 0 saturated carbocycles. The van der Waals surface area contributed by atoms with E-state index in [-0.39, 0.29) is 11.7 Å². The summed E-state index contributed by atoms with van der Waals surface area (Å²) in [6.45, 7) is 3.52. The molecule has 1 fully saturated rings. The molecule has 1 amide bonds. The molecule has 0 radical (unpaired) electrons. The highest BCUT2D eigenvalue weighted by atomic mass is 32.2. The van der Waals surface area contributed by atoms with E-state index in [0.717, 1.165) is 5.56 Å².